The van der Waals surface area contributed by atoms with Crippen molar-refractivity contribution < 1.29 is 0 Å². The highest BCUT2D eigenvalue weighted by molar-refractivity contribution is 6.05. The summed E-state index contributed by atoms with van der Waals surface area (Å²) in [6, 6.07) is 50.8. The molecule has 2 aliphatic rings. The van der Waals surface area contributed by atoms with Crippen LogP contribution in [0.2, 0.25) is 0 Å². The zero-order valence-electron chi connectivity index (χ0n) is 34.2. The number of nitrogens with zero attached hydrogens (tertiary/aromatic N) is 7. The predicted octanol–water partition coefficient (Wildman–Crippen LogP) is 12.4. The molecule has 0 radical (unpaired) electrons. The maximum absolute atomic E-state index is 5.31. The van der Waals surface area contributed by atoms with Crippen molar-refractivity contribution in [2.75, 3.05) is 11.9 Å². The molecule has 0 saturated carbocycles. The molecule has 0 saturated heterocycles. The van der Waals surface area contributed by atoms with Crippen molar-refractivity contribution in [3.8, 4) is 34.0 Å². The van der Waals surface area contributed by atoms with Gasteiger partial charge in [0.05, 0.1) is 34.0 Å². The highest BCUT2D eigenvalue weighted by atomic mass is 15.1. The molecular formula is C55H39N7. The van der Waals surface area contributed by atoms with Gasteiger partial charge in [-0.3, -0.25) is 9.97 Å². The summed E-state index contributed by atoms with van der Waals surface area (Å²) in [7, 11) is 2.18. The van der Waals surface area contributed by atoms with E-state index in [0.717, 1.165) is 83.8 Å². The number of allylic oxidation sites excluding steroid dienone is 1. The average molecular weight is 798 g/mol. The Hall–Kier alpha value is -7.90. The summed E-state index contributed by atoms with van der Waals surface area (Å²) in [6.07, 6.45) is 13.6. The van der Waals surface area contributed by atoms with E-state index in [1.54, 1.807) is 0 Å². The molecule has 2 atom stereocenters. The van der Waals surface area contributed by atoms with Gasteiger partial charge in [0.1, 0.15) is 5.82 Å². The van der Waals surface area contributed by atoms with E-state index in [4.69, 9.17) is 24.9 Å². The van der Waals surface area contributed by atoms with Crippen LogP contribution in [0.3, 0.4) is 0 Å². The van der Waals surface area contributed by atoms with Crippen LogP contribution in [0.1, 0.15) is 41.0 Å². The molecule has 294 valence electrons. The van der Waals surface area contributed by atoms with Gasteiger partial charge in [-0.25, -0.2) is 19.9 Å². The van der Waals surface area contributed by atoms with Gasteiger partial charge >= 0.3 is 0 Å². The number of likely N-dealkylation sites (N-methyl/N-ethyl adjacent to an activating group) is 1. The van der Waals surface area contributed by atoms with E-state index < -0.39 is 5.41 Å². The summed E-state index contributed by atoms with van der Waals surface area (Å²) >= 11 is 0. The Labute approximate surface area is 358 Å². The first-order chi connectivity index (χ1) is 30.5. The Morgan fingerprint density at radius 2 is 1.31 bits per heavy atom. The molecule has 0 spiro atoms. The third-order valence-electron chi connectivity index (χ3n) is 12.8. The Morgan fingerprint density at radius 1 is 0.581 bits per heavy atom. The van der Waals surface area contributed by atoms with E-state index in [1.165, 1.54) is 22.3 Å². The first-order valence-electron chi connectivity index (χ1n) is 21.1. The second kappa shape index (κ2) is 14.1. The first kappa shape index (κ1) is 36.0. The summed E-state index contributed by atoms with van der Waals surface area (Å²) in [5, 5.41) is 5.48. The summed E-state index contributed by atoms with van der Waals surface area (Å²) in [5.41, 5.74) is 12.3. The van der Waals surface area contributed by atoms with Gasteiger partial charge in [-0.1, -0.05) is 146 Å². The second-order valence-electron chi connectivity index (χ2n) is 16.7. The Balaban J connectivity index is 0.925. The largest absolute Gasteiger partial charge is 0.362 e. The van der Waals surface area contributed by atoms with Crippen LogP contribution in [-0.2, 0) is 11.8 Å². The van der Waals surface area contributed by atoms with Crippen molar-refractivity contribution in [2.24, 2.45) is 0 Å². The van der Waals surface area contributed by atoms with E-state index in [1.807, 2.05) is 42.7 Å². The molecule has 7 nitrogen and oxygen atoms in total. The molecule has 1 aliphatic heterocycles. The van der Waals surface area contributed by atoms with Crippen LogP contribution >= 0.6 is 0 Å². The minimum atomic E-state index is -0.487. The van der Waals surface area contributed by atoms with Gasteiger partial charge in [0.25, 0.3) is 0 Å². The van der Waals surface area contributed by atoms with Gasteiger partial charge in [-0.15, -0.1) is 0 Å². The number of hydrogen-bond acceptors (Lipinski definition) is 7. The van der Waals surface area contributed by atoms with Crippen molar-refractivity contribution >= 4 is 61.3 Å². The lowest BCUT2D eigenvalue weighted by Gasteiger charge is -2.36. The molecule has 7 heteroatoms. The molecule has 2 unspecified atom stereocenters. The fraction of sp³-hybridized carbons (Fsp3) is 0.0909. The quantitative estimate of drug-likeness (QED) is 0.160. The van der Waals surface area contributed by atoms with Crippen molar-refractivity contribution in [1.29, 1.82) is 0 Å². The molecule has 0 N–H and O–H groups in total. The molecule has 6 aromatic carbocycles. The molecule has 0 fully saturated rings. The fourth-order valence-corrected chi connectivity index (χ4v) is 9.55. The van der Waals surface area contributed by atoms with Crippen molar-refractivity contribution in [2.45, 2.75) is 24.8 Å². The van der Waals surface area contributed by atoms with Gasteiger partial charge < -0.3 is 4.90 Å². The number of benzene rings is 6. The van der Waals surface area contributed by atoms with E-state index in [9.17, 15) is 0 Å². The Morgan fingerprint density at radius 3 is 2.16 bits per heavy atom. The highest BCUT2D eigenvalue weighted by Crippen LogP contribution is 2.44. The molecule has 0 amide bonds. The van der Waals surface area contributed by atoms with Crippen LogP contribution in [-0.4, -0.2) is 37.0 Å². The van der Waals surface area contributed by atoms with Gasteiger partial charge in [0.2, 0.25) is 0 Å². The smallest absolute Gasteiger partial charge is 0.163 e. The number of fused-ring (bicyclic) bond motifs is 8. The molecule has 0 bridgehead atoms. The molecule has 5 heterocycles. The van der Waals surface area contributed by atoms with Crippen LogP contribution in [0.25, 0.3) is 89.7 Å². The SMILES string of the molecule is CN1c2c(ccc3cccnc23)C=CC1c1cccc2c1C=CC(C)(c1nc(-c3ccccc3)nc(-c3ccc4c(-c5ccc6ccc7cccnc7c6n5)cccc4c3)n1)C2. The van der Waals surface area contributed by atoms with E-state index in [2.05, 4.69) is 163 Å². The van der Waals surface area contributed by atoms with Crippen LogP contribution in [0, 0.1) is 0 Å². The van der Waals surface area contributed by atoms with Gasteiger partial charge in [-0.2, -0.15) is 0 Å². The van der Waals surface area contributed by atoms with Crippen molar-refractivity contribution in [3.63, 3.8) is 0 Å². The van der Waals surface area contributed by atoms with Gasteiger partial charge in [-0.05, 0) is 70.6 Å². The summed E-state index contributed by atoms with van der Waals surface area (Å²) < 4.78 is 0. The Bertz CT molecular complexity index is 3500. The Kier molecular flexibility index (Phi) is 8.19. The first-order valence-corrected chi connectivity index (χ1v) is 21.1. The van der Waals surface area contributed by atoms with Gasteiger partial charge in [0.15, 0.2) is 11.6 Å². The number of pyridine rings is 3. The summed E-state index contributed by atoms with van der Waals surface area (Å²) in [4.78, 5) is 32.7. The van der Waals surface area contributed by atoms with Crippen LogP contribution in [0.15, 0.2) is 170 Å². The van der Waals surface area contributed by atoms with Gasteiger partial charge in [0, 0.05) is 57.7 Å². The van der Waals surface area contributed by atoms with E-state index in [-0.39, 0.29) is 6.04 Å². The predicted molar refractivity (Wildman–Crippen MR) is 253 cm³/mol. The number of anilines is 1. The minimum absolute atomic E-state index is 0.0508. The topological polar surface area (TPSA) is 80.6 Å². The normalized spacial score (nSPS) is 16.9. The molecule has 4 aromatic heterocycles. The maximum Gasteiger partial charge on any atom is 0.163 e. The molecular weight excluding hydrogens is 759 g/mol. The third-order valence-corrected chi connectivity index (χ3v) is 12.8. The monoisotopic (exact) mass is 797 g/mol. The fourth-order valence-electron chi connectivity index (χ4n) is 9.55. The lowest BCUT2D eigenvalue weighted by atomic mass is 9.75. The molecule has 12 rings (SSSR count). The van der Waals surface area contributed by atoms with E-state index in [0.29, 0.717) is 11.6 Å². The third kappa shape index (κ3) is 5.88. The summed E-state index contributed by atoms with van der Waals surface area (Å²) in [5.74, 6) is 2.04. The molecule has 10 aromatic rings. The van der Waals surface area contributed by atoms with Crippen LogP contribution < -0.4 is 4.90 Å². The number of aromatic nitrogens is 6. The average Bonchev–Trinajstić information content (AvgIpc) is 3.33. The molecule has 62 heavy (non-hydrogen) atoms. The van der Waals surface area contributed by atoms with Crippen LogP contribution in [0.4, 0.5) is 5.69 Å². The van der Waals surface area contributed by atoms with Crippen molar-refractivity contribution in [3.05, 3.63) is 198 Å². The van der Waals surface area contributed by atoms with Crippen molar-refractivity contribution in [1.82, 2.24) is 29.9 Å². The van der Waals surface area contributed by atoms with Crippen LogP contribution in [0.5, 0.6) is 0 Å². The standard InChI is InChI=1S/C55H39N7/c1-55(29-28-43-41(33-55)13-7-17-45(43)47-27-24-37-21-20-35-15-9-31-57-50(35)51(37)62(47)2)54-60-52(38-10-4-3-5-11-38)59-53(61-54)40-22-25-42-39(32-40)12-6-16-44(42)46-26-23-36-19-18-34-14-8-30-56-48(34)49(36)58-46/h3-32,47H,33H2,1-2H3. The summed E-state index contributed by atoms with van der Waals surface area (Å²) in [6.45, 7) is 2.25. The van der Waals surface area contributed by atoms with E-state index >= 15 is 0 Å². The number of rotatable bonds is 5. The maximum atomic E-state index is 5.31. The second-order valence-corrected chi connectivity index (χ2v) is 16.7. The number of hydrogen-bond donors (Lipinski definition) is 0. The lowest BCUT2D eigenvalue weighted by molar-refractivity contribution is 0.543. The minimum Gasteiger partial charge on any atom is -0.362 e. The lowest BCUT2D eigenvalue weighted by Crippen LogP contribution is -2.30. The molecule has 1 aliphatic carbocycles. The zero-order valence-corrected chi connectivity index (χ0v) is 34.2. The highest BCUT2D eigenvalue weighted by Gasteiger charge is 2.34. The zero-order chi connectivity index (χ0) is 41.4.